The Hall–Kier alpha value is -2.04. The van der Waals surface area contributed by atoms with Crippen LogP contribution < -0.4 is 15.2 Å². The minimum atomic E-state index is -1.09. The van der Waals surface area contributed by atoms with Crippen LogP contribution in [-0.2, 0) is 9.59 Å². The van der Waals surface area contributed by atoms with Gasteiger partial charge in [-0.05, 0) is 55.4 Å². The highest BCUT2D eigenvalue weighted by atomic mass is 16.5. The summed E-state index contributed by atoms with van der Waals surface area (Å²) in [6.45, 7) is 0. The third kappa shape index (κ3) is 2.48. The number of aliphatic carboxylic acids is 1. The quantitative estimate of drug-likeness (QED) is 0.898. The van der Waals surface area contributed by atoms with Crippen molar-refractivity contribution in [2.45, 2.75) is 19.3 Å². The molecule has 2 saturated carbocycles. The maximum Gasteiger partial charge on any atom is 0.228 e. The van der Waals surface area contributed by atoms with Gasteiger partial charge in [0.2, 0.25) is 5.91 Å². The van der Waals surface area contributed by atoms with Gasteiger partial charge in [0.1, 0.15) is 5.75 Å². The van der Waals surface area contributed by atoms with Gasteiger partial charge in [-0.1, -0.05) is 0 Å². The van der Waals surface area contributed by atoms with Gasteiger partial charge >= 0.3 is 0 Å². The Morgan fingerprint density at radius 1 is 1.14 bits per heavy atom. The van der Waals surface area contributed by atoms with Crippen LogP contribution in [0.5, 0.6) is 5.75 Å². The standard InChI is InChI=1S/C16H19NO4/c1-21-12-6-4-11(5-7-12)17-15(18)13-9-2-3-10(8-9)14(13)16(19)20/h4-7,9-10,13-14H,2-3,8H2,1H3,(H,17,18)(H,19,20)/p-1/t9-,10-,13+,14-/m0/s1. The molecule has 1 aromatic rings. The van der Waals surface area contributed by atoms with E-state index in [0.29, 0.717) is 11.4 Å². The molecular weight excluding hydrogens is 270 g/mol. The van der Waals surface area contributed by atoms with Crippen molar-refractivity contribution in [2.75, 3.05) is 12.4 Å². The highest BCUT2D eigenvalue weighted by Gasteiger charge is 2.51. The van der Waals surface area contributed by atoms with E-state index in [1.807, 2.05) is 0 Å². The molecule has 4 atom stereocenters. The van der Waals surface area contributed by atoms with E-state index >= 15 is 0 Å². The number of carboxylic acids is 1. The molecule has 0 heterocycles. The van der Waals surface area contributed by atoms with E-state index in [1.165, 1.54) is 0 Å². The zero-order valence-corrected chi connectivity index (χ0v) is 11.9. The second kappa shape index (κ2) is 5.39. The smallest absolute Gasteiger partial charge is 0.228 e. The van der Waals surface area contributed by atoms with Crippen molar-refractivity contribution in [1.82, 2.24) is 0 Å². The first-order valence-corrected chi connectivity index (χ1v) is 7.26. The van der Waals surface area contributed by atoms with Crippen LogP contribution in [0.4, 0.5) is 5.69 Å². The summed E-state index contributed by atoms with van der Waals surface area (Å²) in [7, 11) is 1.58. The van der Waals surface area contributed by atoms with Gasteiger partial charge in [-0.3, -0.25) is 4.79 Å². The van der Waals surface area contributed by atoms with Crippen LogP contribution in [0.25, 0.3) is 0 Å². The number of carbonyl (C=O) groups is 2. The molecule has 0 spiro atoms. The topological polar surface area (TPSA) is 78.5 Å². The molecule has 1 aromatic carbocycles. The maximum atomic E-state index is 12.4. The van der Waals surface area contributed by atoms with Crippen LogP contribution in [0, 0.1) is 23.7 Å². The van der Waals surface area contributed by atoms with Gasteiger partial charge in [0.05, 0.1) is 7.11 Å². The Morgan fingerprint density at radius 2 is 1.76 bits per heavy atom. The van der Waals surface area contributed by atoms with E-state index in [-0.39, 0.29) is 17.7 Å². The van der Waals surface area contributed by atoms with Gasteiger partial charge in [0.25, 0.3) is 0 Å². The molecule has 2 aliphatic carbocycles. The van der Waals surface area contributed by atoms with E-state index in [2.05, 4.69) is 5.32 Å². The Labute approximate surface area is 123 Å². The zero-order chi connectivity index (χ0) is 15.0. The third-order valence-corrected chi connectivity index (χ3v) is 4.85. The number of nitrogens with one attached hydrogen (secondary N) is 1. The molecule has 0 radical (unpaired) electrons. The number of carbonyl (C=O) groups excluding carboxylic acids is 2. The minimum absolute atomic E-state index is 0.103. The molecule has 5 nitrogen and oxygen atoms in total. The molecule has 0 aliphatic heterocycles. The van der Waals surface area contributed by atoms with Crippen LogP contribution in [0.1, 0.15) is 19.3 Å². The summed E-state index contributed by atoms with van der Waals surface area (Å²) in [5, 5.41) is 14.2. The summed E-state index contributed by atoms with van der Waals surface area (Å²) >= 11 is 0. The predicted molar refractivity (Wildman–Crippen MR) is 74.4 cm³/mol. The van der Waals surface area contributed by atoms with E-state index < -0.39 is 17.8 Å². The Balaban J connectivity index is 1.73. The maximum absolute atomic E-state index is 12.4. The molecule has 5 heteroatoms. The van der Waals surface area contributed by atoms with Gasteiger partial charge in [-0.15, -0.1) is 0 Å². The average Bonchev–Trinajstić information content (AvgIpc) is 3.08. The van der Waals surface area contributed by atoms with Crippen molar-refractivity contribution >= 4 is 17.6 Å². The normalized spacial score (nSPS) is 30.1. The first-order chi connectivity index (χ1) is 10.1. The molecule has 1 amide bonds. The average molecular weight is 288 g/mol. The van der Waals surface area contributed by atoms with Crippen LogP contribution in [-0.4, -0.2) is 19.0 Å². The number of hydrogen-bond acceptors (Lipinski definition) is 4. The molecule has 1 N–H and O–H groups in total. The highest BCUT2D eigenvalue weighted by Crippen LogP contribution is 2.52. The number of ether oxygens (including phenoxy) is 1. The molecular formula is C16H18NO4-. The second-order valence-corrected chi connectivity index (χ2v) is 5.92. The van der Waals surface area contributed by atoms with Gasteiger partial charge in [0, 0.05) is 23.5 Å². The van der Waals surface area contributed by atoms with E-state index in [4.69, 9.17) is 4.74 Å². The monoisotopic (exact) mass is 288 g/mol. The fourth-order valence-electron chi connectivity index (χ4n) is 3.91. The van der Waals surface area contributed by atoms with Crippen molar-refractivity contribution in [3.63, 3.8) is 0 Å². The van der Waals surface area contributed by atoms with Gasteiger partial charge in [-0.2, -0.15) is 0 Å². The molecule has 21 heavy (non-hydrogen) atoms. The summed E-state index contributed by atoms with van der Waals surface area (Å²) < 4.78 is 5.06. The molecule has 112 valence electrons. The summed E-state index contributed by atoms with van der Waals surface area (Å²) in [6.07, 6.45) is 2.67. The van der Waals surface area contributed by atoms with Crippen molar-refractivity contribution in [3.05, 3.63) is 24.3 Å². The Kier molecular flexibility index (Phi) is 3.57. The Bertz CT molecular complexity index is 554. The van der Waals surface area contributed by atoms with Crippen molar-refractivity contribution in [3.8, 4) is 5.75 Å². The highest BCUT2D eigenvalue weighted by molar-refractivity contribution is 5.95. The first-order valence-electron chi connectivity index (χ1n) is 7.26. The van der Waals surface area contributed by atoms with E-state index in [9.17, 15) is 14.7 Å². The summed E-state index contributed by atoms with van der Waals surface area (Å²) in [5.74, 6) is -1.40. The van der Waals surface area contributed by atoms with Crippen molar-refractivity contribution < 1.29 is 19.4 Å². The second-order valence-electron chi connectivity index (χ2n) is 5.92. The summed E-state index contributed by atoms with van der Waals surface area (Å²) in [5.41, 5.74) is 0.653. The molecule has 0 saturated heterocycles. The van der Waals surface area contributed by atoms with Gasteiger partial charge in [0.15, 0.2) is 0 Å². The lowest BCUT2D eigenvalue weighted by atomic mass is 9.78. The number of benzene rings is 1. The number of fused-ring (bicyclic) bond motifs is 2. The SMILES string of the molecule is COc1ccc(NC(=O)[C@@H]2[C@H]3CC[C@@H](C3)[C@@H]2C(=O)[O-])cc1. The van der Waals surface area contributed by atoms with E-state index in [1.54, 1.807) is 31.4 Å². The van der Waals surface area contributed by atoms with Gasteiger partial charge in [-0.25, -0.2) is 0 Å². The lowest BCUT2D eigenvalue weighted by Gasteiger charge is -2.30. The number of hydrogen-bond donors (Lipinski definition) is 1. The predicted octanol–water partition coefficient (Wildman–Crippen LogP) is 1.05. The van der Waals surface area contributed by atoms with Crippen molar-refractivity contribution in [1.29, 1.82) is 0 Å². The van der Waals surface area contributed by atoms with Crippen LogP contribution in [0.3, 0.4) is 0 Å². The molecule has 3 rings (SSSR count). The lowest BCUT2D eigenvalue weighted by Crippen LogP contribution is -2.43. The summed E-state index contributed by atoms with van der Waals surface area (Å²) in [4.78, 5) is 23.8. The number of carboxylic acid groups (broad SMARTS) is 1. The van der Waals surface area contributed by atoms with Crippen LogP contribution in [0.15, 0.2) is 24.3 Å². The largest absolute Gasteiger partial charge is 0.550 e. The molecule has 0 aromatic heterocycles. The molecule has 2 bridgehead atoms. The molecule has 0 unspecified atom stereocenters. The fourth-order valence-corrected chi connectivity index (χ4v) is 3.91. The fraction of sp³-hybridized carbons (Fsp3) is 0.500. The third-order valence-electron chi connectivity index (χ3n) is 4.85. The molecule has 2 aliphatic rings. The number of amides is 1. The van der Waals surface area contributed by atoms with E-state index in [0.717, 1.165) is 19.3 Å². The first kappa shape index (κ1) is 13.9. The summed E-state index contributed by atoms with van der Waals surface area (Å²) in [6, 6.07) is 7.01. The zero-order valence-electron chi connectivity index (χ0n) is 11.9. The van der Waals surface area contributed by atoms with Gasteiger partial charge < -0.3 is 20.0 Å². The number of methoxy groups -OCH3 is 1. The van der Waals surface area contributed by atoms with Crippen LogP contribution in [0.2, 0.25) is 0 Å². The Morgan fingerprint density at radius 3 is 2.33 bits per heavy atom. The number of rotatable bonds is 4. The number of anilines is 1. The van der Waals surface area contributed by atoms with Crippen LogP contribution >= 0.6 is 0 Å². The minimum Gasteiger partial charge on any atom is -0.550 e. The van der Waals surface area contributed by atoms with Crippen molar-refractivity contribution in [2.24, 2.45) is 23.7 Å². The lowest BCUT2D eigenvalue weighted by molar-refractivity contribution is -0.314. The molecule has 2 fully saturated rings.